The van der Waals surface area contributed by atoms with E-state index in [9.17, 15) is 4.79 Å². The highest BCUT2D eigenvalue weighted by Crippen LogP contribution is 2.17. The second-order valence-electron chi connectivity index (χ2n) is 5.00. The van der Waals surface area contributed by atoms with E-state index in [2.05, 4.69) is 10.3 Å². The zero-order chi connectivity index (χ0) is 15.4. The molecule has 2 aromatic carbocycles. The molecule has 0 fully saturated rings. The minimum Gasteiger partial charge on any atom is -0.380 e. The average molecular weight is 292 g/mol. The van der Waals surface area contributed by atoms with Crippen molar-refractivity contribution in [2.45, 2.75) is 6.61 Å². The Labute approximate surface area is 128 Å². The molecule has 110 valence electrons. The van der Waals surface area contributed by atoms with E-state index in [0.717, 1.165) is 16.5 Å². The van der Waals surface area contributed by atoms with Crippen LogP contribution in [-0.4, -0.2) is 18.0 Å². The predicted molar refractivity (Wildman–Crippen MR) is 86.9 cm³/mol. The molecule has 1 N–H and O–H groups in total. The number of para-hydroxylation sites is 1. The molecule has 0 radical (unpaired) electrons. The first-order valence-electron chi connectivity index (χ1n) is 7.00. The SMILES string of the molecule is COCc1ccc(C(=O)Nc2cnc3ccccc3c2)cc1. The number of amides is 1. The van der Waals surface area contributed by atoms with Crippen LogP contribution in [0.3, 0.4) is 0 Å². The number of hydrogen-bond acceptors (Lipinski definition) is 3. The van der Waals surface area contributed by atoms with Crippen LogP contribution in [0.1, 0.15) is 15.9 Å². The summed E-state index contributed by atoms with van der Waals surface area (Å²) >= 11 is 0. The number of ether oxygens (including phenoxy) is 1. The van der Waals surface area contributed by atoms with Gasteiger partial charge in [0.15, 0.2) is 0 Å². The highest BCUT2D eigenvalue weighted by Gasteiger charge is 2.07. The molecule has 3 rings (SSSR count). The van der Waals surface area contributed by atoms with E-state index in [1.807, 2.05) is 42.5 Å². The standard InChI is InChI=1S/C18H16N2O2/c1-22-12-13-6-8-14(9-7-13)18(21)20-16-10-15-4-2-3-5-17(15)19-11-16/h2-11H,12H2,1H3,(H,20,21). The molecule has 0 atom stereocenters. The topological polar surface area (TPSA) is 51.2 Å². The summed E-state index contributed by atoms with van der Waals surface area (Å²) < 4.78 is 5.06. The molecule has 0 spiro atoms. The maximum absolute atomic E-state index is 12.2. The molecule has 4 nitrogen and oxygen atoms in total. The Morgan fingerprint density at radius 2 is 1.91 bits per heavy atom. The summed E-state index contributed by atoms with van der Waals surface area (Å²) in [5, 5.41) is 3.87. The number of nitrogens with zero attached hydrogens (tertiary/aromatic N) is 1. The van der Waals surface area contributed by atoms with Crippen LogP contribution >= 0.6 is 0 Å². The molecule has 0 aliphatic rings. The summed E-state index contributed by atoms with van der Waals surface area (Å²) in [6.07, 6.45) is 1.67. The third-order valence-corrected chi connectivity index (χ3v) is 3.38. The van der Waals surface area contributed by atoms with Crippen molar-refractivity contribution in [1.29, 1.82) is 0 Å². The molecule has 0 aliphatic carbocycles. The third kappa shape index (κ3) is 3.13. The Morgan fingerprint density at radius 1 is 1.14 bits per heavy atom. The predicted octanol–water partition coefficient (Wildman–Crippen LogP) is 3.63. The maximum Gasteiger partial charge on any atom is 0.255 e. The van der Waals surface area contributed by atoms with Crippen LogP contribution in [0.25, 0.3) is 10.9 Å². The minimum absolute atomic E-state index is 0.152. The second kappa shape index (κ2) is 6.37. The molecule has 22 heavy (non-hydrogen) atoms. The summed E-state index contributed by atoms with van der Waals surface area (Å²) in [7, 11) is 1.65. The Balaban J connectivity index is 1.77. The van der Waals surface area contributed by atoms with Gasteiger partial charge in [-0.2, -0.15) is 0 Å². The fourth-order valence-corrected chi connectivity index (χ4v) is 2.26. The zero-order valence-corrected chi connectivity index (χ0v) is 12.2. The number of hydrogen-bond donors (Lipinski definition) is 1. The number of anilines is 1. The quantitative estimate of drug-likeness (QED) is 0.799. The first-order valence-corrected chi connectivity index (χ1v) is 7.00. The van der Waals surface area contributed by atoms with E-state index in [0.29, 0.717) is 17.9 Å². The van der Waals surface area contributed by atoms with Gasteiger partial charge in [-0.05, 0) is 29.8 Å². The lowest BCUT2D eigenvalue weighted by Gasteiger charge is -2.07. The lowest BCUT2D eigenvalue weighted by atomic mass is 10.1. The van der Waals surface area contributed by atoms with Crippen molar-refractivity contribution in [2.75, 3.05) is 12.4 Å². The average Bonchev–Trinajstić information content (AvgIpc) is 2.56. The fraction of sp³-hybridized carbons (Fsp3) is 0.111. The smallest absolute Gasteiger partial charge is 0.255 e. The molecule has 0 aliphatic heterocycles. The van der Waals surface area contributed by atoms with Crippen molar-refractivity contribution in [3.05, 3.63) is 71.9 Å². The van der Waals surface area contributed by atoms with Crippen molar-refractivity contribution in [2.24, 2.45) is 0 Å². The van der Waals surface area contributed by atoms with Gasteiger partial charge in [0.25, 0.3) is 5.91 Å². The number of nitrogens with one attached hydrogen (secondary N) is 1. The molecular formula is C18H16N2O2. The summed E-state index contributed by atoms with van der Waals surface area (Å²) in [4.78, 5) is 16.6. The van der Waals surface area contributed by atoms with Gasteiger partial charge in [-0.25, -0.2) is 0 Å². The number of benzene rings is 2. The van der Waals surface area contributed by atoms with Crippen LogP contribution < -0.4 is 5.32 Å². The molecule has 1 amide bonds. The molecule has 4 heteroatoms. The zero-order valence-electron chi connectivity index (χ0n) is 12.2. The second-order valence-corrected chi connectivity index (χ2v) is 5.00. The van der Waals surface area contributed by atoms with E-state index in [1.165, 1.54) is 0 Å². The van der Waals surface area contributed by atoms with Crippen LogP contribution in [0.15, 0.2) is 60.8 Å². The van der Waals surface area contributed by atoms with Gasteiger partial charge in [-0.15, -0.1) is 0 Å². The van der Waals surface area contributed by atoms with Crippen molar-refractivity contribution in [3.63, 3.8) is 0 Å². The minimum atomic E-state index is -0.152. The highest BCUT2D eigenvalue weighted by molar-refractivity contribution is 6.04. The third-order valence-electron chi connectivity index (χ3n) is 3.38. The Bertz CT molecular complexity index is 798. The van der Waals surface area contributed by atoms with Gasteiger partial charge in [0.05, 0.1) is 24.0 Å². The number of carbonyl (C=O) groups excluding carboxylic acids is 1. The number of carbonyl (C=O) groups is 1. The summed E-state index contributed by atoms with van der Waals surface area (Å²) in [6.45, 7) is 0.538. The molecule has 3 aromatic rings. The Morgan fingerprint density at radius 3 is 2.68 bits per heavy atom. The molecule has 0 saturated carbocycles. The van der Waals surface area contributed by atoms with E-state index < -0.39 is 0 Å². The molecule has 1 heterocycles. The Hall–Kier alpha value is -2.72. The van der Waals surface area contributed by atoms with Gasteiger partial charge in [-0.1, -0.05) is 30.3 Å². The maximum atomic E-state index is 12.2. The lowest BCUT2D eigenvalue weighted by Crippen LogP contribution is -2.12. The fourth-order valence-electron chi connectivity index (χ4n) is 2.26. The van der Waals surface area contributed by atoms with Gasteiger partial charge < -0.3 is 10.1 Å². The van der Waals surface area contributed by atoms with Crippen molar-refractivity contribution < 1.29 is 9.53 Å². The van der Waals surface area contributed by atoms with Gasteiger partial charge in [0, 0.05) is 18.1 Å². The van der Waals surface area contributed by atoms with Crippen LogP contribution in [0, 0.1) is 0 Å². The monoisotopic (exact) mass is 292 g/mol. The van der Waals surface area contributed by atoms with Gasteiger partial charge in [-0.3, -0.25) is 9.78 Å². The van der Waals surface area contributed by atoms with Gasteiger partial charge in [0.2, 0.25) is 0 Å². The highest BCUT2D eigenvalue weighted by atomic mass is 16.5. The summed E-state index contributed by atoms with van der Waals surface area (Å²) in [5.41, 5.74) is 3.23. The number of methoxy groups -OCH3 is 1. The van der Waals surface area contributed by atoms with E-state index in [4.69, 9.17) is 4.74 Å². The Kier molecular flexibility index (Phi) is 4.12. The normalized spacial score (nSPS) is 10.6. The van der Waals surface area contributed by atoms with Crippen molar-refractivity contribution in [1.82, 2.24) is 4.98 Å². The van der Waals surface area contributed by atoms with Crippen LogP contribution in [-0.2, 0) is 11.3 Å². The largest absolute Gasteiger partial charge is 0.380 e. The van der Waals surface area contributed by atoms with Crippen LogP contribution in [0.4, 0.5) is 5.69 Å². The number of pyridine rings is 1. The first kappa shape index (κ1) is 14.2. The van der Waals surface area contributed by atoms with Crippen molar-refractivity contribution in [3.8, 4) is 0 Å². The van der Waals surface area contributed by atoms with E-state index in [1.54, 1.807) is 25.4 Å². The molecule has 1 aromatic heterocycles. The summed E-state index contributed by atoms with van der Waals surface area (Å²) in [5.74, 6) is -0.152. The molecule has 0 unspecified atom stereocenters. The van der Waals surface area contributed by atoms with Gasteiger partial charge >= 0.3 is 0 Å². The summed E-state index contributed by atoms with van der Waals surface area (Å²) in [6, 6.07) is 17.1. The number of fused-ring (bicyclic) bond motifs is 1. The molecule has 0 bridgehead atoms. The van der Waals surface area contributed by atoms with Crippen LogP contribution in [0.5, 0.6) is 0 Å². The number of rotatable bonds is 4. The van der Waals surface area contributed by atoms with Crippen LogP contribution in [0.2, 0.25) is 0 Å². The molecular weight excluding hydrogens is 276 g/mol. The number of aromatic nitrogens is 1. The van der Waals surface area contributed by atoms with E-state index in [-0.39, 0.29) is 5.91 Å². The van der Waals surface area contributed by atoms with Crippen molar-refractivity contribution >= 4 is 22.5 Å². The first-order chi connectivity index (χ1) is 10.8. The van der Waals surface area contributed by atoms with Gasteiger partial charge in [0.1, 0.15) is 0 Å². The molecule has 0 saturated heterocycles. The van der Waals surface area contributed by atoms with E-state index >= 15 is 0 Å². The lowest BCUT2D eigenvalue weighted by molar-refractivity contribution is 0.102.